The lowest BCUT2D eigenvalue weighted by Crippen LogP contribution is -2.40. The third kappa shape index (κ3) is 5.65. The number of nitrogens with one attached hydrogen (secondary N) is 1. The van der Waals surface area contributed by atoms with Crippen molar-refractivity contribution in [3.8, 4) is 17.0 Å². The van der Waals surface area contributed by atoms with Gasteiger partial charge in [0.05, 0.1) is 27.8 Å². The molecule has 9 nitrogen and oxygen atoms in total. The molecular weight excluding hydrogens is 525 g/mol. The second-order valence-electron chi connectivity index (χ2n) is 9.93. The molecule has 4 aromatic rings. The first-order valence-electron chi connectivity index (χ1n) is 12.7. The number of carbonyl (C=O) groups excluding carboxylic acids is 1. The summed E-state index contributed by atoms with van der Waals surface area (Å²) in [5.41, 5.74) is 3.33. The molecule has 0 saturated carbocycles. The summed E-state index contributed by atoms with van der Waals surface area (Å²) >= 11 is 12.6. The highest BCUT2D eigenvalue weighted by Crippen LogP contribution is 2.35. The fourth-order valence-electron chi connectivity index (χ4n) is 4.88. The predicted molar refractivity (Wildman–Crippen MR) is 149 cm³/mol. The van der Waals surface area contributed by atoms with E-state index in [4.69, 9.17) is 27.9 Å². The van der Waals surface area contributed by atoms with Crippen LogP contribution in [-0.2, 0) is 4.79 Å². The minimum Gasteiger partial charge on any atom is -0.486 e. The van der Waals surface area contributed by atoms with Crippen LogP contribution < -0.4 is 4.74 Å². The maximum atomic E-state index is 12.5. The van der Waals surface area contributed by atoms with Gasteiger partial charge in [-0.3, -0.25) is 19.6 Å². The van der Waals surface area contributed by atoms with Crippen LogP contribution in [0.2, 0.25) is 10.0 Å². The third-order valence-corrected chi connectivity index (χ3v) is 7.59. The van der Waals surface area contributed by atoms with Crippen molar-refractivity contribution in [2.24, 2.45) is 0 Å². The molecule has 1 amide bonds. The van der Waals surface area contributed by atoms with Gasteiger partial charge in [-0.25, -0.2) is 0 Å². The highest BCUT2D eigenvalue weighted by molar-refractivity contribution is 6.35. The Kier molecular flexibility index (Phi) is 7.88. The Morgan fingerprint density at radius 3 is 2.63 bits per heavy atom. The van der Waals surface area contributed by atoms with Crippen LogP contribution >= 0.6 is 23.2 Å². The first-order chi connectivity index (χ1) is 18.3. The third-order valence-electron chi connectivity index (χ3n) is 6.98. The molecule has 1 aliphatic rings. The van der Waals surface area contributed by atoms with E-state index >= 15 is 0 Å². The van der Waals surface area contributed by atoms with E-state index in [0.717, 1.165) is 54.6 Å². The van der Waals surface area contributed by atoms with Crippen LogP contribution in [0.15, 0.2) is 43.0 Å². The molecule has 1 saturated heterocycles. The van der Waals surface area contributed by atoms with Crippen molar-refractivity contribution < 1.29 is 9.53 Å². The molecule has 38 heavy (non-hydrogen) atoms. The van der Waals surface area contributed by atoms with Gasteiger partial charge in [-0.05, 0) is 52.1 Å². The molecule has 5 rings (SSSR count). The van der Waals surface area contributed by atoms with Gasteiger partial charge in [-0.1, -0.05) is 23.2 Å². The average molecular weight is 556 g/mol. The molecule has 1 aromatic carbocycles. The standard InChI is InChI=1S/C27H31Cl2N7O2/c1-17(26-22(28)14-30-15-23(26)29)38-20-4-5-24-21(12-20)27(33-32-24)18-13-31-36(16-18)19-6-10-35(11-7-19)25(37)8-9-34(2)3/h4-5,12-17,19H,6-11H2,1-3H3,(H,32,33). The van der Waals surface area contributed by atoms with Gasteiger partial charge in [-0.2, -0.15) is 10.2 Å². The van der Waals surface area contributed by atoms with E-state index in [2.05, 4.69) is 20.3 Å². The zero-order chi connectivity index (χ0) is 26.8. The van der Waals surface area contributed by atoms with Crippen molar-refractivity contribution in [1.82, 2.24) is 34.8 Å². The molecule has 1 unspecified atom stereocenters. The summed E-state index contributed by atoms with van der Waals surface area (Å²) in [4.78, 5) is 20.5. The number of ether oxygens (including phenoxy) is 1. The molecule has 1 fully saturated rings. The van der Waals surface area contributed by atoms with Gasteiger partial charge in [-0.15, -0.1) is 0 Å². The zero-order valence-electron chi connectivity index (χ0n) is 21.7. The number of hydrogen-bond donors (Lipinski definition) is 1. The van der Waals surface area contributed by atoms with E-state index in [0.29, 0.717) is 27.8 Å². The van der Waals surface area contributed by atoms with Gasteiger partial charge in [0.1, 0.15) is 17.5 Å². The Labute approximate surface area is 231 Å². The average Bonchev–Trinajstić information content (AvgIpc) is 3.54. The van der Waals surface area contributed by atoms with Crippen molar-refractivity contribution in [2.75, 3.05) is 33.7 Å². The molecule has 1 N–H and O–H groups in total. The summed E-state index contributed by atoms with van der Waals surface area (Å²) in [6.07, 6.45) is 8.96. The second-order valence-corrected chi connectivity index (χ2v) is 10.7. The number of fused-ring (bicyclic) bond motifs is 1. The van der Waals surface area contributed by atoms with Gasteiger partial charge in [0.2, 0.25) is 5.91 Å². The maximum absolute atomic E-state index is 12.5. The SMILES string of the molecule is CC(Oc1ccc2[nH]nc(-c3cnn(C4CCN(C(=O)CCN(C)C)CC4)c3)c2c1)c1c(Cl)cncc1Cl. The van der Waals surface area contributed by atoms with Crippen LogP contribution in [0.3, 0.4) is 0 Å². The van der Waals surface area contributed by atoms with Crippen LogP contribution in [0.1, 0.15) is 43.9 Å². The quantitative estimate of drug-likeness (QED) is 0.313. The number of likely N-dealkylation sites (tertiary alicyclic amines) is 1. The number of benzene rings is 1. The van der Waals surface area contributed by atoms with Crippen LogP contribution in [0.4, 0.5) is 0 Å². The van der Waals surface area contributed by atoms with Crippen molar-refractivity contribution >= 4 is 40.0 Å². The smallest absolute Gasteiger partial charge is 0.223 e. The van der Waals surface area contributed by atoms with Crippen molar-refractivity contribution in [3.05, 3.63) is 58.6 Å². The van der Waals surface area contributed by atoms with Gasteiger partial charge in [0.15, 0.2) is 0 Å². The molecule has 200 valence electrons. The molecule has 4 heterocycles. The van der Waals surface area contributed by atoms with Crippen molar-refractivity contribution in [3.63, 3.8) is 0 Å². The van der Waals surface area contributed by atoms with E-state index in [1.165, 1.54) is 0 Å². The summed E-state index contributed by atoms with van der Waals surface area (Å²) in [5, 5.41) is 14.2. The van der Waals surface area contributed by atoms with E-state index in [1.54, 1.807) is 12.4 Å². The lowest BCUT2D eigenvalue weighted by atomic mass is 10.0. The Balaban J connectivity index is 1.29. The Bertz CT molecular complexity index is 1410. The molecular formula is C27H31Cl2N7O2. The summed E-state index contributed by atoms with van der Waals surface area (Å²) in [6, 6.07) is 6.04. The lowest BCUT2D eigenvalue weighted by molar-refractivity contribution is -0.132. The van der Waals surface area contributed by atoms with Gasteiger partial charge < -0.3 is 14.5 Å². The van der Waals surface area contributed by atoms with Gasteiger partial charge in [0, 0.05) is 61.2 Å². The molecule has 1 aliphatic heterocycles. The minimum atomic E-state index is -0.366. The van der Waals surface area contributed by atoms with E-state index in [1.807, 2.05) is 66.1 Å². The number of pyridine rings is 1. The van der Waals surface area contributed by atoms with Crippen LogP contribution in [0.5, 0.6) is 5.75 Å². The van der Waals surface area contributed by atoms with Crippen LogP contribution in [0.25, 0.3) is 22.2 Å². The summed E-state index contributed by atoms with van der Waals surface area (Å²) in [5.74, 6) is 0.900. The number of piperidine rings is 1. The highest BCUT2D eigenvalue weighted by Gasteiger charge is 2.25. The summed E-state index contributed by atoms with van der Waals surface area (Å²) in [7, 11) is 3.97. The number of rotatable bonds is 8. The molecule has 0 aliphatic carbocycles. The fourth-order valence-corrected chi connectivity index (χ4v) is 5.55. The van der Waals surface area contributed by atoms with Crippen LogP contribution in [-0.4, -0.2) is 74.4 Å². The Hall–Kier alpha value is -3.14. The molecule has 3 aromatic heterocycles. The Morgan fingerprint density at radius 1 is 1.18 bits per heavy atom. The normalized spacial score (nSPS) is 15.4. The van der Waals surface area contributed by atoms with E-state index in [-0.39, 0.29) is 18.1 Å². The number of halogens is 2. The fraction of sp³-hybridized carbons (Fsp3) is 0.407. The molecule has 0 spiro atoms. The van der Waals surface area contributed by atoms with E-state index < -0.39 is 0 Å². The molecule has 1 atom stereocenters. The van der Waals surface area contributed by atoms with Crippen molar-refractivity contribution in [2.45, 2.75) is 38.3 Å². The lowest BCUT2D eigenvalue weighted by Gasteiger charge is -2.32. The topological polar surface area (TPSA) is 92.2 Å². The number of carbonyl (C=O) groups is 1. The number of nitrogens with zero attached hydrogens (tertiary/aromatic N) is 6. The van der Waals surface area contributed by atoms with E-state index in [9.17, 15) is 4.79 Å². The predicted octanol–water partition coefficient (Wildman–Crippen LogP) is 5.38. The minimum absolute atomic E-state index is 0.224. The highest BCUT2D eigenvalue weighted by atomic mass is 35.5. The monoisotopic (exact) mass is 555 g/mol. The van der Waals surface area contributed by atoms with Crippen molar-refractivity contribution in [1.29, 1.82) is 0 Å². The number of aromatic nitrogens is 5. The zero-order valence-corrected chi connectivity index (χ0v) is 23.2. The first kappa shape index (κ1) is 26.5. The number of H-pyrrole nitrogens is 1. The molecule has 11 heteroatoms. The number of aromatic amines is 1. The first-order valence-corrected chi connectivity index (χ1v) is 13.5. The Morgan fingerprint density at radius 2 is 1.92 bits per heavy atom. The largest absolute Gasteiger partial charge is 0.486 e. The van der Waals surface area contributed by atoms with Gasteiger partial charge in [0.25, 0.3) is 0 Å². The maximum Gasteiger partial charge on any atom is 0.223 e. The second kappa shape index (κ2) is 11.3. The molecule has 0 bridgehead atoms. The molecule has 0 radical (unpaired) electrons. The number of hydrogen-bond acceptors (Lipinski definition) is 6. The number of amides is 1. The summed E-state index contributed by atoms with van der Waals surface area (Å²) in [6.45, 7) is 4.18. The van der Waals surface area contributed by atoms with Gasteiger partial charge >= 0.3 is 0 Å². The summed E-state index contributed by atoms with van der Waals surface area (Å²) < 4.78 is 8.20. The van der Waals surface area contributed by atoms with Crippen LogP contribution in [0, 0.1) is 0 Å².